The van der Waals surface area contributed by atoms with Crippen molar-refractivity contribution in [2.75, 3.05) is 19.8 Å². The molecule has 2 aromatic heterocycles. The van der Waals surface area contributed by atoms with Crippen molar-refractivity contribution in [2.45, 2.75) is 33.7 Å². The van der Waals surface area contributed by atoms with E-state index in [9.17, 15) is 4.79 Å². The van der Waals surface area contributed by atoms with Gasteiger partial charge in [0.15, 0.2) is 5.69 Å². The number of carbonyl (C=O) groups excluding carboxylic acids is 1. The molecule has 8 nitrogen and oxygen atoms in total. The molecule has 0 aliphatic carbocycles. The molecule has 2 rings (SSSR count). The van der Waals surface area contributed by atoms with Crippen molar-refractivity contribution in [2.24, 2.45) is 0 Å². The third-order valence-electron chi connectivity index (χ3n) is 3.20. The lowest BCUT2D eigenvalue weighted by molar-refractivity contribution is 0.0938. The number of hydrogen-bond donors (Lipinski definition) is 1. The summed E-state index contributed by atoms with van der Waals surface area (Å²) < 4.78 is 15.2. The molecule has 0 spiro atoms. The Labute approximate surface area is 133 Å². The molecule has 2 heterocycles. The Morgan fingerprint density at radius 2 is 2.18 bits per heavy atom. The second kappa shape index (κ2) is 7.95. The molecule has 0 radical (unpaired) electrons. The number of nitrogens with one attached hydrogen (secondary N) is 1. The molecule has 0 atom stereocenters. The normalized spacial score (nSPS) is 10.9. The average Bonchev–Trinajstić information content (AvgIpc) is 3.06. The fraction of sp³-hybridized carbons (Fsp3) is 0.615. The summed E-state index contributed by atoms with van der Waals surface area (Å²) in [5.74, 6) is -0.214. The van der Waals surface area contributed by atoms with Crippen molar-refractivity contribution in [1.29, 1.82) is 0 Å². The summed E-state index contributed by atoms with van der Waals surface area (Å²) in [4.78, 5) is 12.1. The average molecular weight is 324 g/mol. The van der Waals surface area contributed by atoms with Gasteiger partial charge in [-0.3, -0.25) is 4.79 Å². The third-order valence-corrected chi connectivity index (χ3v) is 3.86. The van der Waals surface area contributed by atoms with Gasteiger partial charge in [-0.1, -0.05) is 5.21 Å². The van der Waals surface area contributed by atoms with Gasteiger partial charge < -0.3 is 10.1 Å². The van der Waals surface area contributed by atoms with Crippen molar-refractivity contribution in [3.8, 4) is 0 Å². The number of aryl methyl sites for hydroxylation is 1. The first kappa shape index (κ1) is 16.5. The van der Waals surface area contributed by atoms with Crippen LogP contribution in [0.5, 0.6) is 0 Å². The number of carbonyl (C=O) groups is 1. The van der Waals surface area contributed by atoms with E-state index in [1.807, 2.05) is 20.8 Å². The lowest BCUT2D eigenvalue weighted by Gasteiger charge is -2.04. The zero-order valence-electron chi connectivity index (χ0n) is 13.0. The number of aromatic nitrogens is 5. The van der Waals surface area contributed by atoms with Crippen LogP contribution in [0, 0.1) is 13.8 Å². The summed E-state index contributed by atoms with van der Waals surface area (Å²) in [6, 6.07) is 0. The highest BCUT2D eigenvalue weighted by molar-refractivity contribution is 6.99. The van der Waals surface area contributed by atoms with Crippen molar-refractivity contribution in [3.63, 3.8) is 0 Å². The summed E-state index contributed by atoms with van der Waals surface area (Å²) in [5, 5.41) is 10.8. The molecule has 0 aromatic carbocycles. The predicted octanol–water partition coefficient (Wildman–Crippen LogP) is 0.951. The Hall–Kier alpha value is -1.87. The van der Waals surface area contributed by atoms with Gasteiger partial charge >= 0.3 is 0 Å². The fourth-order valence-electron chi connectivity index (χ4n) is 1.86. The minimum Gasteiger partial charge on any atom is -0.382 e. The van der Waals surface area contributed by atoms with E-state index in [2.05, 4.69) is 24.4 Å². The number of hydrogen-bond acceptors (Lipinski definition) is 7. The molecular formula is C13H20N6O2S. The van der Waals surface area contributed by atoms with Gasteiger partial charge in [0, 0.05) is 19.8 Å². The Morgan fingerprint density at radius 3 is 2.86 bits per heavy atom. The van der Waals surface area contributed by atoms with Gasteiger partial charge in [0.1, 0.15) is 0 Å². The van der Waals surface area contributed by atoms with Crippen molar-refractivity contribution in [3.05, 3.63) is 22.8 Å². The minimum atomic E-state index is -0.214. The monoisotopic (exact) mass is 324 g/mol. The van der Waals surface area contributed by atoms with E-state index in [0.717, 1.165) is 23.5 Å². The van der Waals surface area contributed by atoms with Crippen LogP contribution < -0.4 is 5.32 Å². The Morgan fingerprint density at radius 1 is 1.36 bits per heavy atom. The molecule has 2 aromatic rings. The molecule has 0 aliphatic heterocycles. The summed E-state index contributed by atoms with van der Waals surface area (Å²) in [7, 11) is 0. The number of ether oxygens (including phenoxy) is 1. The van der Waals surface area contributed by atoms with Crippen LogP contribution in [0.2, 0.25) is 0 Å². The first-order chi connectivity index (χ1) is 10.6. The maximum atomic E-state index is 12.1. The van der Waals surface area contributed by atoms with E-state index in [-0.39, 0.29) is 5.91 Å². The second-order valence-electron chi connectivity index (χ2n) is 4.78. The summed E-state index contributed by atoms with van der Waals surface area (Å²) in [6.45, 7) is 8.02. The fourth-order valence-corrected chi connectivity index (χ4v) is 2.42. The van der Waals surface area contributed by atoms with Gasteiger partial charge in [-0.05, 0) is 27.2 Å². The summed E-state index contributed by atoms with van der Waals surface area (Å²) in [6.07, 6.45) is 0.774. The predicted molar refractivity (Wildman–Crippen MR) is 82.0 cm³/mol. The van der Waals surface area contributed by atoms with Crippen LogP contribution in [-0.2, 0) is 11.3 Å². The largest absolute Gasteiger partial charge is 0.382 e. The first-order valence-electron chi connectivity index (χ1n) is 7.17. The van der Waals surface area contributed by atoms with Crippen LogP contribution >= 0.6 is 11.7 Å². The van der Waals surface area contributed by atoms with E-state index >= 15 is 0 Å². The number of nitrogens with zero attached hydrogens (tertiary/aromatic N) is 5. The molecule has 9 heteroatoms. The molecule has 0 fully saturated rings. The number of amides is 1. The summed E-state index contributed by atoms with van der Waals surface area (Å²) >= 11 is 1.17. The van der Waals surface area contributed by atoms with E-state index in [1.54, 1.807) is 4.68 Å². The van der Waals surface area contributed by atoms with Gasteiger partial charge in [-0.2, -0.15) is 8.75 Å². The van der Waals surface area contributed by atoms with Gasteiger partial charge in [0.05, 0.1) is 35.4 Å². The molecule has 1 amide bonds. The van der Waals surface area contributed by atoms with Crippen LogP contribution in [-0.4, -0.2) is 49.4 Å². The summed E-state index contributed by atoms with van der Waals surface area (Å²) in [5.41, 5.74) is 2.79. The highest BCUT2D eigenvalue weighted by Gasteiger charge is 2.17. The van der Waals surface area contributed by atoms with E-state index in [4.69, 9.17) is 4.74 Å². The molecule has 120 valence electrons. The van der Waals surface area contributed by atoms with E-state index in [1.165, 1.54) is 11.7 Å². The van der Waals surface area contributed by atoms with Gasteiger partial charge in [0.25, 0.3) is 5.91 Å². The van der Waals surface area contributed by atoms with Crippen LogP contribution in [0.25, 0.3) is 0 Å². The molecular weight excluding hydrogens is 304 g/mol. The maximum absolute atomic E-state index is 12.1. The van der Waals surface area contributed by atoms with E-state index < -0.39 is 0 Å². The highest BCUT2D eigenvalue weighted by atomic mass is 32.1. The van der Waals surface area contributed by atoms with Crippen molar-refractivity contribution >= 4 is 17.6 Å². The van der Waals surface area contributed by atoms with E-state index in [0.29, 0.717) is 32.0 Å². The lowest BCUT2D eigenvalue weighted by atomic mass is 10.3. The Kier molecular flexibility index (Phi) is 5.96. The Bertz CT molecular complexity index is 624. The standard InChI is InChI=1S/C13H20N6O2S/c1-4-21-7-5-6-14-13(20)12-10(3)19(18-15-12)8-11-9(2)16-22-17-11/h4-8H2,1-3H3,(H,14,20). The SMILES string of the molecule is CCOCCCNC(=O)c1nnn(Cc2nsnc2C)c1C. The molecule has 0 bridgehead atoms. The van der Waals surface area contributed by atoms with Gasteiger partial charge in [-0.15, -0.1) is 5.10 Å². The minimum absolute atomic E-state index is 0.214. The van der Waals surface area contributed by atoms with Crippen LogP contribution in [0.4, 0.5) is 0 Å². The highest BCUT2D eigenvalue weighted by Crippen LogP contribution is 2.09. The zero-order valence-corrected chi connectivity index (χ0v) is 13.8. The van der Waals surface area contributed by atoms with Crippen LogP contribution in [0.15, 0.2) is 0 Å². The van der Waals surface area contributed by atoms with Crippen molar-refractivity contribution in [1.82, 2.24) is 29.1 Å². The van der Waals surface area contributed by atoms with Crippen LogP contribution in [0.1, 0.15) is 40.9 Å². The molecule has 0 saturated heterocycles. The second-order valence-corrected chi connectivity index (χ2v) is 5.31. The molecule has 0 aliphatic rings. The molecule has 22 heavy (non-hydrogen) atoms. The molecule has 0 saturated carbocycles. The molecule has 0 unspecified atom stereocenters. The van der Waals surface area contributed by atoms with Crippen LogP contribution in [0.3, 0.4) is 0 Å². The zero-order chi connectivity index (χ0) is 15.9. The van der Waals surface area contributed by atoms with Gasteiger partial charge in [-0.25, -0.2) is 4.68 Å². The maximum Gasteiger partial charge on any atom is 0.273 e. The smallest absolute Gasteiger partial charge is 0.273 e. The quantitative estimate of drug-likeness (QED) is 0.727. The van der Waals surface area contributed by atoms with Gasteiger partial charge in [0.2, 0.25) is 0 Å². The molecule has 1 N–H and O–H groups in total. The third kappa shape index (κ3) is 4.08. The first-order valence-corrected chi connectivity index (χ1v) is 7.90. The number of rotatable bonds is 8. The van der Waals surface area contributed by atoms with Crippen molar-refractivity contribution < 1.29 is 9.53 Å². The Balaban J connectivity index is 1.92. The lowest BCUT2D eigenvalue weighted by Crippen LogP contribution is -2.26. The topological polar surface area (TPSA) is 94.8 Å².